The molecule has 20 heavy (non-hydrogen) atoms. The largest absolute Gasteiger partial charge is 0.373 e. The lowest BCUT2D eigenvalue weighted by atomic mass is 10.2. The SMILES string of the molecule is Cc1nnc(NC(=O)NCCN2C[C@@H](C)O[C@H](C)C2)s1. The lowest BCUT2D eigenvalue weighted by Crippen LogP contribution is -2.48. The Morgan fingerprint density at radius 1 is 1.40 bits per heavy atom. The molecule has 2 rings (SSSR count). The fraction of sp³-hybridized carbons (Fsp3) is 0.750. The molecule has 0 aliphatic carbocycles. The molecule has 1 fully saturated rings. The minimum atomic E-state index is -0.240. The second-order valence-corrected chi connectivity index (χ2v) is 6.21. The van der Waals surface area contributed by atoms with Gasteiger partial charge in [-0.15, -0.1) is 10.2 Å². The van der Waals surface area contributed by atoms with Crippen molar-refractivity contribution in [1.29, 1.82) is 0 Å². The van der Waals surface area contributed by atoms with Crippen molar-refractivity contribution in [3.05, 3.63) is 5.01 Å². The Balaban J connectivity index is 1.66. The van der Waals surface area contributed by atoms with Gasteiger partial charge in [0.1, 0.15) is 5.01 Å². The zero-order chi connectivity index (χ0) is 14.5. The number of rotatable bonds is 4. The van der Waals surface area contributed by atoms with Crippen LogP contribution in [0.2, 0.25) is 0 Å². The molecule has 0 unspecified atom stereocenters. The summed E-state index contributed by atoms with van der Waals surface area (Å²) in [7, 11) is 0. The van der Waals surface area contributed by atoms with Gasteiger partial charge in [0.25, 0.3) is 0 Å². The second kappa shape index (κ2) is 6.96. The van der Waals surface area contributed by atoms with Crippen molar-refractivity contribution < 1.29 is 9.53 Å². The molecule has 1 aliphatic heterocycles. The van der Waals surface area contributed by atoms with E-state index in [1.165, 1.54) is 11.3 Å². The maximum absolute atomic E-state index is 11.7. The highest BCUT2D eigenvalue weighted by Gasteiger charge is 2.21. The molecule has 0 bridgehead atoms. The van der Waals surface area contributed by atoms with E-state index in [2.05, 4.69) is 39.6 Å². The Morgan fingerprint density at radius 3 is 2.70 bits per heavy atom. The predicted molar refractivity (Wildman–Crippen MR) is 78.1 cm³/mol. The van der Waals surface area contributed by atoms with Crippen molar-refractivity contribution in [2.24, 2.45) is 0 Å². The van der Waals surface area contributed by atoms with Gasteiger partial charge in [0.05, 0.1) is 12.2 Å². The summed E-state index contributed by atoms with van der Waals surface area (Å²) in [6, 6.07) is -0.240. The summed E-state index contributed by atoms with van der Waals surface area (Å²) < 4.78 is 5.67. The number of morpholine rings is 1. The van der Waals surface area contributed by atoms with Gasteiger partial charge in [0.2, 0.25) is 5.13 Å². The highest BCUT2D eigenvalue weighted by Crippen LogP contribution is 2.13. The quantitative estimate of drug-likeness (QED) is 0.869. The van der Waals surface area contributed by atoms with Crippen LogP contribution in [0.4, 0.5) is 9.93 Å². The van der Waals surface area contributed by atoms with Crippen LogP contribution in [0.5, 0.6) is 0 Å². The fourth-order valence-corrected chi connectivity index (χ4v) is 2.87. The van der Waals surface area contributed by atoms with E-state index >= 15 is 0 Å². The molecule has 2 heterocycles. The molecule has 0 radical (unpaired) electrons. The van der Waals surface area contributed by atoms with Gasteiger partial charge in [0, 0.05) is 26.2 Å². The van der Waals surface area contributed by atoms with Crippen molar-refractivity contribution in [2.75, 3.05) is 31.5 Å². The summed E-state index contributed by atoms with van der Waals surface area (Å²) in [6.07, 6.45) is 0.494. The van der Waals surface area contributed by atoms with Crippen LogP contribution in [-0.2, 0) is 4.74 Å². The third kappa shape index (κ3) is 4.69. The molecule has 1 aromatic rings. The first kappa shape index (κ1) is 15.1. The van der Waals surface area contributed by atoms with Crippen molar-refractivity contribution in [3.63, 3.8) is 0 Å². The number of anilines is 1. The Hall–Kier alpha value is -1.25. The molecular formula is C12H21N5O2S. The molecule has 1 aromatic heterocycles. The van der Waals surface area contributed by atoms with E-state index in [1.54, 1.807) is 0 Å². The number of amides is 2. The first-order chi connectivity index (χ1) is 9.52. The van der Waals surface area contributed by atoms with Crippen LogP contribution < -0.4 is 10.6 Å². The topological polar surface area (TPSA) is 79.4 Å². The standard InChI is InChI=1S/C12H21N5O2S/c1-8-6-17(7-9(2)19-8)5-4-13-11(18)14-12-16-15-10(3)20-12/h8-9H,4-7H2,1-3H3,(H2,13,14,16,18)/t8-,9-/m1/s1. The van der Waals surface area contributed by atoms with Crippen LogP contribution in [-0.4, -0.2) is 59.5 Å². The third-order valence-corrected chi connectivity index (χ3v) is 3.71. The van der Waals surface area contributed by atoms with E-state index in [-0.39, 0.29) is 18.2 Å². The number of aromatic nitrogens is 2. The average Bonchev–Trinajstić information content (AvgIpc) is 2.73. The van der Waals surface area contributed by atoms with Gasteiger partial charge in [-0.25, -0.2) is 4.79 Å². The van der Waals surface area contributed by atoms with Crippen LogP contribution >= 0.6 is 11.3 Å². The lowest BCUT2D eigenvalue weighted by molar-refractivity contribution is -0.0672. The number of hydrogen-bond acceptors (Lipinski definition) is 6. The van der Waals surface area contributed by atoms with Crippen molar-refractivity contribution in [1.82, 2.24) is 20.4 Å². The van der Waals surface area contributed by atoms with E-state index in [0.717, 1.165) is 24.6 Å². The molecule has 0 aromatic carbocycles. The highest BCUT2D eigenvalue weighted by molar-refractivity contribution is 7.15. The van der Waals surface area contributed by atoms with Crippen LogP contribution in [0.15, 0.2) is 0 Å². The maximum Gasteiger partial charge on any atom is 0.321 e. The summed E-state index contributed by atoms with van der Waals surface area (Å²) >= 11 is 1.36. The minimum Gasteiger partial charge on any atom is -0.373 e. The van der Waals surface area contributed by atoms with Gasteiger partial charge >= 0.3 is 6.03 Å². The predicted octanol–water partition coefficient (Wildman–Crippen LogP) is 1.08. The van der Waals surface area contributed by atoms with Gasteiger partial charge in [-0.1, -0.05) is 11.3 Å². The smallest absolute Gasteiger partial charge is 0.321 e. The van der Waals surface area contributed by atoms with Crippen LogP contribution in [0.1, 0.15) is 18.9 Å². The van der Waals surface area contributed by atoms with Gasteiger partial charge in [-0.05, 0) is 20.8 Å². The van der Waals surface area contributed by atoms with E-state index in [4.69, 9.17) is 4.74 Å². The van der Waals surface area contributed by atoms with Gasteiger partial charge < -0.3 is 10.1 Å². The molecule has 8 heteroatoms. The number of urea groups is 1. The summed E-state index contributed by atoms with van der Waals surface area (Å²) in [4.78, 5) is 14.0. The molecule has 7 nitrogen and oxygen atoms in total. The number of ether oxygens (including phenoxy) is 1. The van der Waals surface area contributed by atoms with Crippen molar-refractivity contribution in [2.45, 2.75) is 33.0 Å². The highest BCUT2D eigenvalue weighted by atomic mass is 32.1. The normalized spacial score (nSPS) is 23.6. The molecule has 1 saturated heterocycles. The molecule has 2 amide bonds. The monoisotopic (exact) mass is 299 g/mol. The maximum atomic E-state index is 11.7. The Morgan fingerprint density at radius 2 is 2.10 bits per heavy atom. The Labute approximate surface area is 122 Å². The lowest BCUT2D eigenvalue weighted by Gasteiger charge is -2.35. The van der Waals surface area contributed by atoms with E-state index in [0.29, 0.717) is 11.7 Å². The van der Waals surface area contributed by atoms with Gasteiger partial charge in [-0.3, -0.25) is 10.2 Å². The van der Waals surface area contributed by atoms with E-state index < -0.39 is 0 Å². The van der Waals surface area contributed by atoms with Crippen LogP contribution in [0, 0.1) is 6.92 Å². The fourth-order valence-electron chi connectivity index (χ4n) is 2.28. The average molecular weight is 299 g/mol. The molecule has 112 valence electrons. The number of hydrogen-bond donors (Lipinski definition) is 2. The van der Waals surface area contributed by atoms with Crippen LogP contribution in [0.3, 0.4) is 0 Å². The summed E-state index contributed by atoms with van der Waals surface area (Å²) in [5.41, 5.74) is 0. The molecule has 0 spiro atoms. The van der Waals surface area contributed by atoms with E-state index in [1.807, 2.05) is 6.92 Å². The summed E-state index contributed by atoms with van der Waals surface area (Å²) in [6.45, 7) is 9.22. The number of aryl methyl sites for hydroxylation is 1. The summed E-state index contributed by atoms with van der Waals surface area (Å²) in [5, 5.41) is 14.5. The number of carbonyl (C=O) groups is 1. The third-order valence-electron chi connectivity index (χ3n) is 2.96. The molecule has 0 saturated carbocycles. The molecule has 2 atom stereocenters. The number of nitrogens with zero attached hydrogens (tertiary/aromatic N) is 3. The number of carbonyl (C=O) groups excluding carboxylic acids is 1. The zero-order valence-electron chi connectivity index (χ0n) is 12.0. The first-order valence-electron chi connectivity index (χ1n) is 6.75. The second-order valence-electron chi connectivity index (χ2n) is 5.02. The van der Waals surface area contributed by atoms with E-state index in [9.17, 15) is 4.79 Å². The van der Waals surface area contributed by atoms with Crippen molar-refractivity contribution in [3.8, 4) is 0 Å². The Kier molecular flexibility index (Phi) is 5.27. The van der Waals surface area contributed by atoms with Crippen LogP contribution in [0.25, 0.3) is 0 Å². The molecule has 1 aliphatic rings. The first-order valence-corrected chi connectivity index (χ1v) is 7.57. The molecular weight excluding hydrogens is 278 g/mol. The van der Waals surface area contributed by atoms with Crippen molar-refractivity contribution >= 4 is 22.5 Å². The minimum absolute atomic E-state index is 0.240. The Bertz CT molecular complexity index is 443. The van der Waals surface area contributed by atoms with Gasteiger partial charge in [-0.2, -0.15) is 0 Å². The number of nitrogens with one attached hydrogen (secondary N) is 2. The molecule has 2 N–H and O–H groups in total. The summed E-state index contributed by atoms with van der Waals surface area (Å²) in [5.74, 6) is 0. The van der Waals surface area contributed by atoms with Gasteiger partial charge in [0.15, 0.2) is 0 Å². The zero-order valence-corrected chi connectivity index (χ0v) is 12.9.